The lowest BCUT2D eigenvalue weighted by molar-refractivity contribution is -0.139. The van der Waals surface area contributed by atoms with Crippen LogP contribution in [0, 0.1) is 11.8 Å². The monoisotopic (exact) mass is 692 g/mol. The average Bonchev–Trinajstić information content (AvgIpc) is 3.41. The van der Waals surface area contributed by atoms with E-state index in [-0.39, 0.29) is 58.4 Å². The predicted octanol–water partition coefficient (Wildman–Crippen LogP) is 3.29. The van der Waals surface area contributed by atoms with Crippen molar-refractivity contribution in [3.63, 3.8) is 0 Å². The maximum absolute atomic E-state index is 15.6. The molecule has 0 saturated carbocycles. The number of alkyl halides is 4. The third-order valence-electron chi connectivity index (χ3n) is 8.29. The first-order valence-electron chi connectivity index (χ1n) is 14.9. The van der Waals surface area contributed by atoms with Gasteiger partial charge in [-0.15, -0.1) is 0 Å². The SMILES string of the molecule is COc1cc(S(C)(=O)=O)ccc1NCC#Cc1cc(C(=O)NC2([Si])CCN(C3CCOCC3)C[C@@H]2F)c2ncn(CC(F)(F)F)c2c1. The normalized spacial score (nSPS) is 21.2. The average molecular weight is 693 g/mol. The second-order valence-corrected chi connectivity index (χ2v) is 14.6. The molecule has 3 radical (unpaired) electrons. The molecular weight excluding hydrogens is 659 g/mol. The van der Waals surface area contributed by atoms with Crippen molar-refractivity contribution in [2.24, 2.45) is 0 Å². The molecule has 2 aliphatic heterocycles. The molecule has 2 N–H and O–H groups in total. The number of hydrogen-bond acceptors (Lipinski definition) is 8. The maximum atomic E-state index is 15.6. The number of methoxy groups -OCH3 is 1. The molecule has 0 aliphatic carbocycles. The van der Waals surface area contributed by atoms with Crippen LogP contribution < -0.4 is 15.4 Å². The topological polar surface area (TPSA) is 115 Å². The van der Waals surface area contributed by atoms with Crippen LogP contribution in [0.25, 0.3) is 11.0 Å². The Balaban J connectivity index is 1.38. The van der Waals surface area contributed by atoms with Gasteiger partial charge in [-0.1, -0.05) is 11.8 Å². The first-order valence-corrected chi connectivity index (χ1v) is 17.3. The minimum Gasteiger partial charge on any atom is -0.495 e. The van der Waals surface area contributed by atoms with E-state index in [1.165, 1.54) is 37.4 Å². The standard InChI is InChI=1S/C31H34F4N5O5SSi/c1-44-26-16-22(46(2,42)43)5-6-24(26)36-10-3-4-20-14-23(28-25(15-20)40(19-37-28)18-31(33,34)35)29(41)38-30(47)9-11-39(17-27(30)32)21-7-12-45-13-8-21/h5-6,14-16,19,21,27,36H,7-13,17-18H2,1-2H3,(H,38,41)/t27-,30?/m0/s1. The fraction of sp³-hybridized carbons (Fsp3) is 0.484. The maximum Gasteiger partial charge on any atom is 0.406 e. The minimum atomic E-state index is -4.55. The van der Waals surface area contributed by atoms with E-state index in [2.05, 4.69) is 42.6 Å². The van der Waals surface area contributed by atoms with E-state index in [4.69, 9.17) is 9.47 Å². The zero-order valence-corrected chi connectivity index (χ0v) is 27.6. The number of imidazole rings is 1. The number of nitrogens with one attached hydrogen (secondary N) is 2. The highest BCUT2D eigenvalue weighted by Gasteiger charge is 2.43. The Hall–Kier alpha value is -3.65. The molecule has 3 aromatic rings. The Morgan fingerprint density at radius 1 is 1.23 bits per heavy atom. The highest BCUT2D eigenvalue weighted by molar-refractivity contribution is 7.90. The quantitative estimate of drug-likeness (QED) is 0.210. The summed E-state index contributed by atoms with van der Waals surface area (Å²) >= 11 is 0. The van der Waals surface area contributed by atoms with Crippen LogP contribution in [0.15, 0.2) is 41.6 Å². The predicted molar refractivity (Wildman–Crippen MR) is 168 cm³/mol. The number of carbonyl (C=O) groups excluding carboxylic acids is 1. The van der Waals surface area contributed by atoms with Crippen molar-refractivity contribution in [2.45, 2.75) is 54.3 Å². The van der Waals surface area contributed by atoms with Crippen molar-refractivity contribution in [3.8, 4) is 17.6 Å². The molecule has 3 heterocycles. The fourth-order valence-electron chi connectivity index (χ4n) is 5.78. The van der Waals surface area contributed by atoms with Crippen LogP contribution >= 0.6 is 0 Å². The van der Waals surface area contributed by atoms with Gasteiger partial charge in [0.15, 0.2) is 9.84 Å². The summed E-state index contributed by atoms with van der Waals surface area (Å²) in [4.78, 5) is 19.9. The zero-order valence-electron chi connectivity index (χ0n) is 25.8. The Bertz CT molecular complexity index is 1800. The summed E-state index contributed by atoms with van der Waals surface area (Å²) in [6, 6.07) is 7.34. The second kappa shape index (κ2) is 13.8. The third-order valence-corrected chi connectivity index (χ3v) is 10.1. The number of benzene rings is 2. The molecular formula is C31H34F4N5O5SSi. The number of fused-ring (bicyclic) bond motifs is 1. The molecule has 251 valence electrons. The van der Waals surface area contributed by atoms with Gasteiger partial charge in [-0.25, -0.2) is 17.8 Å². The lowest BCUT2D eigenvalue weighted by atomic mass is 9.96. The molecule has 1 unspecified atom stereocenters. The molecule has 47 heavy (non-hydrogen) atoms. The minimum absolute atomic E-state index is 0.0245. The van der Waals surface area contributed by atoms with Gasteiger partial charge < -0.3 is 24.7 Å². The number of ether oxygens (including phenoxy) is 2. The number of anilines is 1. The summed E-state index contributed by atoms with van der Waals surface area (Å²) < 4.78 is 91.1. The Labute approximate surface area is 273 Å². The van der Waals surface area contributed by atoms with E-state index in [9.17, 15) is 26.4 Å². The van der Waals surface area contributed by atoms with E-state index < -0.39 is 39.8 Å². The van der Waals surface area contributed by atoms with Gasteiger partial charge in [-0.3, -0.25) is 9.69 Å². The summed E-state index contributed by atoms with van der Waals surface area (Å²) in [5.41, 5.74) is 0.729. The number of aromatic nitrogens is 2. The molecule has 2 aromatic carbocycles. The molecule has 10 nitrogen and oxygen atoms in total. The van der Waals surface area contributed by atoms with Crippen LogP contribution in [0.3, 0.4) is 0 Å². The second-order valence-electron chi connectivity index (χ2n) is 11.7. The van der Waals surface area contributed by atoms with Crippen molar-refractivity contribution >= 4 is 42.7 Å². The van der Waals surface area contributed by atoms with Crippen molar-refractivity contribution < 1.29 is 40.2 Å². The third kappa shape index (κ3) is 8.26. The number of amides is 1. The number of rotatable bonds is 8. The molecule has 1 aromatic heterocycles. The van der Waals surface area contributed by atoms with E-state index in [0.29, 0.717) is 25.4 Å². The van der Waals surface area contributed by atoms with Crippen LogP contribution in [0.4, 0.5) is 23.2 Å². The summed E-state index contributed by atoms with van der Waals surface area (Å²) in [7, 11) is 1.43. The number of hydrogen-bond donors (Lipinski definition) is 2. The van der Waals surface area contributed by atoms with Crippen LogP contribution in [0.5, 0.6) is 5.75 Å². The molecule has 2 aliphatic rings. The number of nitrogens with zero attached hydrogens (tertiary/aromatic N) is 3. The molecule has 5 rings (SSSR count). The number of sulfone groups is 1. The van der Waals surface area contributed by atoms with Crippen LogP contribution in [0.2, 0.25) is 0 Å². The first-order chi connectivity index (χ1) is 22.2. The Morgan fingerprint density at radius 3 is 2.64 bits per heavy atom. The highest BCUT2D eigenvalue weighted by atomic mass is 32.2. The molecule has 0 bridgehead atoms. The molecule has 2 fully saturated rings. The van der Waals surface area contributed by atoms with Crippen molar-refractivity contribution in [1.82, 2.24) is 19.8 Å². The van der Waals surface area contributed by atoms with Gasteiger partial charge in [0.25, 0.3) is 5.91 Å². The summed E-state index contributed by atoms with van der Waals surface area (Å²) in [5.74, 6) is 5.30. The fourth-order valence-corrected chi connectivity index (χ4v) is 6.74. The van der Waals surface area contributed by atoms with E-state index >= 15 is 4.39 Å². The van der Waals surface area contributed by atoms with Crippen molar-refractivity contribution in [2.75, 3.05) is 51.5 Å². The number of piperidine rings is 1. The van der Waals surface area contributed by atoms with E-state index in [1.807, 2.05) is 0 Å². The zero-order chi connectivity index (χ0) is 34.0. The summed E-state index contributed by atoms with van der Waals surface area (Å²) in [6.45, 7) is 0.588. The van der Waals surface area contributed by atoms with Crippen LogP contribution in [-0.2, 0) is 21.1 Å². The van der Waals surface area contributed by atoms with Gasteiger partial charge in [0.1, 0.15) is 24.0 Å². The lowest BCUT2D eigenvalue weighted by Gasteiger charge is -2.46. The van der Waals surface area contributed by atoms with Crippen LogP contribution in [0.1, 0.15) is 35.2 Å². The van der Waals surface area contributed by atoms with Gasteiger partial charge in [-0.2, -0.15) is 13.2 Å². The molecule has 0 spiro atoms. The van der Waals surface area contributed by atoms with E-state index in [0.717, 1.165) is 30.0 Å². The Morgan fingerprint density at radius 2 is 1.98 bits per heavy atom. The van der Waals surface area contributed by atoms with Crippen molar-refractivity contribution in [3.05, 3.63) is 47.8 Å². The largest absolute Gasteiger partial charge is 0.495 e. The Kier molecular flexibility index (Phi) is 10.2. The molecule has 1 amide bonds. The first kappa shape index (κ1) is 34.7. The molecule has 2 saturated heterocycles. The smallest absolute Gasteiger partial charge is 0.406 e. The lowest BCUT2D eigenvalue weighted by Crippen LogP contribution is -2.64. The van der Waals surface area contributed by atoms with Gasteiger partial charge >= 0.3 is 6.18 Å². The van der Waals surface area contributed by atoms with Crippen LogP contribution in [-0.4, -0.2) is 109 Å². The van der Waals surface area contributed by atoms with Gasteiger partial charge in [0.2, 0.25) is 0 Å². The van der Waals surface area contributed by atoms with Gasteiger partial charge in [0.05, 0.1) is 57.0 Å². The number of halogens is 4. The summed E-state index contributed by atoms with van der Waals surface area (Å²) in [5, 5.41) is 4.36. The highest BCUT2D eigenvalue weighted by Crippen LogP contribution is 2.30. The van der Waals surface area contributed by atoms with E-state index in [1.54, 1.807) is 0 Å². The summed E-state index contributed by atoms with van der Waals surface area (Å²) in [6.07, 6.45) is -2.05. The van der Waals surface area contributed by atoms with Gasteiger partial charge in [-0.05, 0) is 43.5 Å². The number of likely N-dealkylation sites (tertiary alicyclic amines) is 1. The van der Waals surface area contributed by atoms with Crippen molar-refractivity contribution in [1.29, 1.82) is 0 Å². The molecule has 16 heteroatoms. The number of carbonyl (C=O) groups is 1. The van der Waals surface area contributed by atoms with Gasteiger partial charge in [0, 0.05) is 50.2 Å². The molecule has 2 atom stereocenters.